The number of nitrogens with one attached hydrogen (secondary N) is 2. The highest BCUT2D eigenvalue weighted by molar-refractivity contribution is 5.90. The molecule has 4 rings (SSSR count). The molecule has 1 fully saturated rings. The highest BCUT2D eigenvalue weighted by Gasteiger charge is 2.28. The van der Waals surface area contributed by atoms with Crippen LogP contribution in [0.3, 0.4) is 0 Å². The molecule has 1 aliphatic rings. The van der Waals surface area contributed by atoms with Crippen LogP contribution in [0.25, 0.3) is 11.0 Å². The molecule has 17 heteroatoms. The molecule has 0 radical (unpaired) electrons. The van der Waals surface area contributed by atoms with Crippen molar-refractivity contribution in [3.05, 3.63) is 24.3 Å². The minimum absolute atomic E-state index is 0.0769. The Labute approximate surface area is 225 Å². The monoisotopic (exact) mass is 577 g/mol. The van der Waals surface area contributed by atoms with E-state index in [4.69, 9.17) is 19.4 Å². The van der Waals surface area contributed by atoms with E-state index >= 15 is 0 Å². The zero-order valence-corrected chi connectivity index (χ0v) is 21.6. The van der Waals surface area contributed by atoms with Crippen LogP contribution >= 0.6 is 0 Å². The molecule has 2 N–H and O–H groups in total. The molecule has 0 saturated carbocycles. The topological polar surface area (TPSA) is 115 Å². The normalized spacial score (nSPS) is 16.6. The van der Waals surface area contributed by atoms with Crippen molar-refractivity contribution in [3.8, 4) is 0 Å². The number of fused-ring (bicyclic) bond motifs is 1. The molecule has 1 saturated heterocycles. The molecule has 0 spiro atoms. The predicted molar refractivity (Wildman–Crippen MR) is 132 cm³/mol. The Hall–Kier alpha value is -3.31. The maximum absolute atomic E-state index is 12.6. The van der Waals surface area contributed by atoms with Gasteiger partial charge < -0.3 is 25.0 Å². The van der Waals surface area contributed by atoms with Gasteiger partial charge in [0, 0.05) is 44.9 Å². The number of anilines is 3. The average molecular weight is 578 g/mol. The maximum Gasteiger partial charge on any atom is 0.411 e. The van der Waals surface area contributed by atoms with E-state index in [9.17, 15) is 26.3 Å². The highest BCUT2D eigenvalue weighted by atomic mass is 19.4. The predicted octanol–water partition coefficient (Wildman–Crippen LogP) is 3.60. The first kappa shape index (κ1) is 29.7. The molecule has 0 amide bonds. The van der Waals surface area contributed by atoms with Crippen LogP contribution in [0.5, 0.6) is 0 Å². The molecular weight excluding hydrogens is 548 g/mol. The lowest BCUT2D eigenvalue weighted by molar-refractivity contribution is -0.174. The van der Waals surface area contributed by atoms with Crippen LogP contribution in [0.4, 0.5) is 43.9 Å². The van der Waals surface area contributed by atoms with Crippen molar-refractivity contribution in [3.63, 3.8) is 0 Å². The van der Waals surface area contributed by atoms with Crippen LogP contribution < -0.4 is 15.5 Å². The van der Waals surface area contributed by atoms with Crippen LogP contribution in [0.2, 0.25) is 0 Å². The van der Waals surface area contributed by atoms with Gasteiger partial charge in [-0.1, -0.05) is 0 Å². The summed E-state index contributed by atoms with van der Waals surface area (Å²) < 4.78 is 87.0. The van der Waals surface area contributed by atoms with Gasteiger partial charge in [-0.05, 0) is 19.4 Å². The first-order valence-electron chi connectivity index (χ1n) is 12.6. The lowest BCUT2D eigenvalue weighted by atomic mass is 10.2. The summed E-state index contributed by atoms with van der Waals surface area (Å²) in [6, 6.07) is 1.77. The van der Waals surface area contributed by atoms with E-state index in [1.807, 2.05) is 11.8 Å². The maximum atomic E-state index is 12.6. The van der Waals surface area contributed by atoms with Gasteiger partial charge in [-0.15, -0.1) is 0 Å². The molecule has 3 aromatic rings. The number of nitrogens with zero attached hydrogens (tertiary/aromatic N) is 7. The highest BCUT2D eigenvalue weighted by Crippen LogP contribution is 2.29. The summed E-state index contributed by atoms with van der Waals surface area (Å²) >= 11 is 0. The van der Waals surface area contributed by atoms with E-state index in [1.54, 1.807) is 6.07 Å². The van der Waals surface area contributed by atoms with Crippen molar-refractivity contribution < 1.29 is 35.8 Å². The molecule has 1 aliphatic heterocycles. The van der Waals surface area contributed by atoms with Gasteiger partial charge in [0.2, 0.25) is 5.95 Å². The van der Waals surface area contributed by atoms with Crippen molar-refractivity contribution in [2.75, 3.05) is 49.7 Å². The minimum atomic E-state index is -4.49. The van der Waals surface area contributed by atoms with E-state index in [1.165, 1.54) is 17.2 Å². The first-order chi connectivity index (χ1) is 19.0. The largest absolute Gasteiger partial charge is 0.411 e. The second-order valence-corrected chi connectivity index (χ2v) is 9.20. The van der Waals surface area contributed by atoms with Crippen molar-refractivity contribution >= 4 is 28.6 Å². The third-order valence-electron chi connectivity index (χ3n) is 5.83. The lowest BCUT2D eigenvalue weighted by Gasteiger charge is -2.32. The second-order valence-electron chi connectivity index (χ2n) is 9.20. The summed E-state index contributed by atoms with van der Waals surface area (Å²) in [7, 11) is 0. The van der Waals surface area contributed by atoms with E-state index in [-0.39, 0.29) is 44.6 Å². The molecule has 0 aliphatic carbocycles. The minimum Gasteiger partial charge on any atom is -0.375 e. The van der Waals surface area contributed by atoms with Gasteiger partial charge in [0.05, 0.1) is 19.8 Å². The van der Waals surface area contributed by atoms with Gasteiger partial charge in [0.25, 0.3) is 0 Å². The molecule has 1 atom stereocenters. The first-order valence-corrected chi connectivity index (χ1v) is 12.6. The molecule has 0 bridgehead atoms. The molecule has 11 nitrogen and oxygen atoms in total. The number of piperazine rings is 1. The third-order valence-corrected chi connectivity index (χ3v) is 5.83. The zero-order valence-electron chi connectivity index (χ0n) is 21.6. The average Bonchev–Trinajstić information content (AvgIpc) is 3.23. The zero-order chi connectivity index (χ0) is 28.8. The standard InChI is InChI=1S/C23H29F6N9O2/c1-15-11-37(7-6-31-15)21-34-18-16(12-39-9-2-4-22(24,25)26)36-38(8-10-40-13-23(27,28)29)19(18)20(35-21)33-17-3-5-30-14-32-17/h3,5,14-15,31H,2,4,6-13H2,1H3,(H,30,32,33,34,35)/t15-/m1/s1. The number of rotatable bonds is 12. The fraction of sp³-hybridized carbons (Fsp3) is 0.609. The Morgan fingerprint density at radius 3 is 2.62 bits per heavy atom. The molecule has 3 aromatic heterocycles. The van der Waals surface area contributed by atoms with E-state index in [0.29, 0.717) is 48.1 Å². The molecule has 40 heavy (non-hydrogen) atoms. The van der Waals surface area contributed by atoms with E-state index in [0.717, 1.165) is 0 Å². The van der Waals surface area contributed by atoms with Gasteiger partial charge in [0.1, 0.15) is 35.5 Å². The van der Waals surface area contributed by atoms with E-state index < -0.39 is 25.4 Å². The second kappa shape index (κ2) is 12.9. The molecule has 220 valence electrons. The number of hydrogen-bond acceptors (Lipinski definition) is 10. The Morgan fingerprint density at radius 2 is 1.93 bits per heavy atom. The smallest absolute Gasteiger partial charge is 0.375 e. The summed E-state index contributed by atoms with van der Waals surface area (Å²) in [4.78, 5) is 19.4. The summed E-state index contributed by atoms with van der Waals surface area (Å²) in [6.07, 6.45) is -7.14. The van der Waals surface area contributed by atoms with Gasteiger partial charge in [-0.25, -0.2) is 15.0 Å². The van der Waals surface area contributed by atoms with Crippen molar-refractivity contribution in [1.29, 1.82) is 0 Å². The number of aromatic nitrogens is 6. The SMILES string of the molecule is C[C@@H]1CN(c2nc(Nc3ccncn3)c3c(n2)c(COCCCC(F)(F)F)nn3CCOCC(F)(F)F)CCN1. The number of alkyl halides is 6. The van der Waals surface area contributed by atoms with E-state index in [2.05, 4.69) is 25.7 Å². The van der Waals surface area contributed by atoms with Gasteiger partial charge in [-0.2, -0.15) is 36.4 Å². The van der Waals surface area contributed by atoms with Gasteiger partial charge >= 0.3 is 12.4 Å². The van der Waals surface area contributed by atoms with Crippen LogP contribution in [0.15, 0.2) is 18.6 Å². The van der Waals surface area contributed by atoms with Crippen LogP contribution in [-0.4, -0.2) is 87.6 Å². The number of ether oxygens (including phenoxy) is 2. The quantitative estimate of drug-likeness (QED) is 0.245. The van der Waals surface area contributed by atoms with Gasteiger partial charge in [-0.3, -0.25) is 4.68 Å². The van der Waals surface area contributed by atoms with Crippen molar-refractivity contribution in [2.24, 2.45) is 0 Å². The number of hydrogen-bond donors (Lipinski definition) is 2. The van der Waals surface area contributed by atoms with Crippen molar-refractivity contribution in [2.45, 2.75) is 51.3 Å². The molecule has 0 unspecified atom stereocenters. The Morgan fingerprint density at radius 1 is 1.10 bits per heavy atom. The lowest BCUT2D eigenvalue weighted by Crippen LogP contribution is -2.49. The molecule has 4 heterocycles. The Bertz CT molecular complexity index is 1240. The van der Waals surface area contributed by atoms with Crippen LogP contribution in [-0.2, 0) is 22.6 Å². The Balaban J connectivity index is 1.68. The molecular formula is C23H29F6N9O2. The summed E-state index contributed by atoms with van der Waals surface area (Å²) in [6.45, 7) is 1.81. The van der Waals surface area contributed by atoms with Crippen LogP contribution in [0.1, 0.15) is 25.5 Å². The summed E-state index contributed by atoms with van der Waals surface area (Å²) in [5.41, 5.74) is 1.00. The van der Waals surface area contributed by atoms with Crippen molar-refractivity contribution in [1.82, 2.24) is 35.0 Å². The molecule has 0 aromatic carbocycles. The summed E-state index contributed by atoms with van der Waals surface area (Å²) in [5.74, 6) is 1.07. The van der Waals surface area contributed by atoms with Crippen LogP contribution in [0, 0.1) is 0 Å². The number of halogens is 6. The fourth-order valence-electron chi connectivity index (χ4n) is 4.10. The summed E-state index contributed by atoms with van der Waals surface area (Å²) in [5, 5.41) is 10.9. The van der Waals surface area contributed by atoms with Gasteiger partial charge in [0.15, 0.2) is 5.82 Å². The third kappa shape index (κ3) is 8.59. The fourth-order valence-corrected chi connectivity index (χ4v) is 4.10. The Kier molecular flexibility index (Phi) is 9.57.